The van der Waals surface area contributed by atoms with E-state index in [9.17, 15) is 0 Å². The maximum Gasteiger partial charge on any atom is 0.191 e. The fourth-order valence-electron chi connectivity index (χ4n) is 4.70. The zero-order valence-electron chi connectivity index (χ0n) is 18.5. The molecule has 0 bridgehead atoms. The Morgan fingerprint density at radius 2 is 1.97 bits per heavy atom. The molecule has 0 radical (unpaired) electrons. The second-order valence-electron chi connectivity index (χ2n) is 8.48. The van der Waals surface area contributed by atoms with Gasteiger partial charge in [-0.05, 0) is 44.2 Å². The second kappa shape index (κ2) is 12.4. The number of rotatable bonds is 6. The van der Waals surface area contributed by atoms with Crippen LogP contribution in [0.15, 0.2) is 35.6 Å². The molecule has 0 unspecified atom stereocenters. The second-order valence-corrected chi connectivity index (χ2v) is 8.48. The molecule has 7 nitrogen and oxygen atoms in total. The zero-order valence-corrected chi connectivity index (χ0v) is 20.8. The minimum atomic E-state index is 0. The van der Waals surface area contributed by atoms with Crippen LogP contribution in [0.25, 0.3) is 11.4 Å². The first kappa shape index (κ1) is 24.0. The normalized spacial score (nSPS) is 19.1. The van der Waals surface area contributed by atoms with Crippen LogP contribution in [0.5, 0.6) is 0 Å². The molecule has 1 aliphatic heterocycles. The molecule has 0 spiro atoms. The van der Waals surface area contributed by atoms with Crippen LogP contribution in [0.4, 0.5) is 0 Å². The Hall–Kier alpha value is -1.68. The molecule has 2 fully saturated rings. The number of hydrogen-bond acceptors (Lipinski definition) is 4. The molecule has 1 saturated carbocycles. The van der Waals surface area contributed by atoms with E-state index < -0.39 is 0 Å². The minimum absolute atomic E-state index is 0. The molecule has 1 saturated heterocycles. The molecule has 1 aliphatic carbocycles. The highest BCUT2D eigenvalue weighted by Crippen LogP contribution is 2.25. The summed E-state index contributed by atoms with van der Waals surface area (Å²) >= 11 is 0. The first-order valence-corrected chi connectivity index (χ1v) is 11.6. The van der Waals surface area contributed by atoms with Crippen molar-refractivity contribution in [1.82, 2.24) is 30.7 Å². The van der Waals surface area contributed by atoms with E-state index >= 15 is 0 Å². The van der Waals surface area contributed by atoms with Crippen LogP contribution < -0.4 is 10.6 Å². The third kappa shape index (κ3) is 6.90. The van der Waals surface area contributed by atoms with Gasteiger partial charge in [0.1, 0.15) is 6.33 Å². The smallest absolute Gasteiger partial charge is 0.191 e. The van der Waals surface area contributed by atoms with Gasteiger partial charge in [0.2, 0.25) is 0 Å². The Kier molecular flexibility index (Phi) is 9.57. The van der Waals surface area contributed by atoms with Crippen molar-refractivity contribution < 1.29 is 0 Å². The van der Waals surface area contributed by atoms with Crippen molar-refractivity contribution in [1.29, 1.82) is 0 Å². The highest BCUT2D eigenvalue weighted by Gasteiger charge is 2.26. The summed E-state index contributed by atoms with van der Waals surface area (Å²) in [4.78, 5) is 11.8. The quantitative estimate of drug-likeness (QED) is 0.296. The Morgan fingerprint density at radius 3 is 2.68 bits per heavy atom. The highest BCUT2D eigenvalue weighted by molar-refractivity contribution is 14.0. The number of H-pyrrole nitrogens is 1. The van der Waals surface area contributed by atoms with E-state index in [0.717, 1.165) is 35.5 Å². The number of nitrogens with zero attached hydrogens (tertiary/aromatic N) is 4. The van der Waals surface area contributed by atoms with E-state index in [1.807, 2.05) is 12.1 Å². The predicted octanol–water partition coefficient (Wildman–Crippen LogP) is 3.94. The topological polar surface area (TPSA) is 81.2 Å². The van der Waals surface area contributed by atoms with Crippen molar-refractivity contribution in [3.63, 3.8) is 0 Å². The van der Waals surface area contributed by atoms with E-state index in [2.05, 4.69) is 49.8 Å². The lowest BCUT2D eigenvalue weighted by Crippen LogP contribution is -2.50. The Morgan fingerprint density at radius 1 is 1.16 bits per heavy atom. The lowest BCUT2D eigenvalue weighted by Gasteiger charge is -2.39. The van der Waals surface area contributed by atoms with Gasteiger partial charge in [-0.1, -0.05) is 37.5 Å². The molecule has 170 valence electrons. The summed E-state index contributed by atoms with van der Waals surface area (Å²) in [6, 6.07) is 9.65. The van der Waals surface area contributed by atoms with Crippen molar-refractivity contribution in [3.8, 4) is 11.4 Å². The average Bonchev–Trinajstić information content (AvgIpc) is 3.34. The average molecular weight is 537 g/mol. The summed E-state index contributed by atoms with van der Waals surface area (Å²) in [6.07, 6.45) is 11.0. The van der Waals surface area contributed by atoms with Crippen LogP contribution in [0.3, 0.4) is 0 Å². The van der Waals surface area contributed by atoms with Crippen molar-refractivity contribution >= 4 is 29.9 Å². The summed E-state index contributed by atoms with van der Waals surface area (Å²) in [6.45, 7) is 6.04. The third-order valence-corrected chi connectivity index (χ3v) is 6.34. The van der Waals surface area contributed by atoms with Crippen LogP contribution in [0, 0.1) is 0 Å². The number of aliphatic imine (C=N–C) groups is 1. The molecule has 3 N–H and O–H groups in total. The first-order chi connectivity index (χ1) is 14.8. The maximum atomic E-state index is 4.84. The summed E-state index contributed by atoms with van der Waals surface area (Å²) in [5.41, 5.74) is 2.20. The standard InChI is InChI=1S/C23H35N7.HI/c1-2-24-23(25-16-18-7-6-8-19(15-18)22-26-17-27-29-22)28-20-11-13-30(14-12-20)21-9-4-3-5-10-21;/h6-8,15,17,20-21H,2-5,9-14,16H2,1H3,(H2,24,25,28)(H,26,27,29);1H. The number of nitrogens with one attached hydrogen (secondary N) is 3. The van der Waals surface area contributed by atoms with Gasteiger partial charge in [0.15, 0.2) is 11.8 Å². The summed E-state index contributed by atoms with van der Waals surface area (Å²) in [5.74, 6) is 1.70. The lowest BCUT2D eigenvalue weighted by molar-refractivity contribution is 0.119. The van der Waals surface area contributed by atoms with Crippen LogP contribution in [0.2, 0.25) is 0 Å². The molecule has 0 amide bonds. The predicted molar refractivity (Wildman–Crippen MR) is 137 cm³/mol. The Balaban J connectivity index is 0.00000272. The van der Waals surface area contributed by atoms with Gasteiger partial charge in [0.05, 0.1) is 6.54 Å². The molecular weight excluding hydrogens is 501 g/mol. The fourth-order valence-corrected chi connectivity index (χ4v) is 4.70. The number of likely N-dealkylation sites (tertiary alicyclic amines) is 1. The van der Waals surface area contributed by atoms with Crippen molar-refractivity contribution in [2.45, 2.75) is 70.5 Å². The summed E-state index contributed by atoms with van der Waals surface area (Å²) in [5, 5.41) is 14.0. The third-order valence-electron chi connectivity index (χ3n) is 6.34. The molecule has 1 aromatic carbocycles. The van der Waals surface area contributed by atoms with E-state index in [0.29, 0.717) is 12.6 Å². The van der Waals surface area contributed by atoms with Crippen LogP contribution in [0.1, 0.15) is 57.4 Å². The van der Waals surface area contributed by atoms with Gasteiger partial charge in [-0.2, -0.15) is 5.10 Å². The summed E-state index contributed by atoms with van der Waals surface area (Å²) < 4.78 is 0. The molecule has 31 heavy (non-hydrogen) atoms. The minimum Gasteiger partial charge on any atom is -0.357 e. The van der Waals surface area contributed by atoms with Gasteiger partial charge < -0.3 is 15.5 Å². The molecule has 1 aromatic heterocycles. The zero-order chi connectivity index (χ0) is 20.6. The van der Waals surface area contributed by atoms with Crippen LogP contribution in [-0.2, 0) is 6.54 Å². The van der Waals surface area contributed by atoms with Gasteiger partial charge in [0.25, 0.3) is 0 Å². The van der Waals surface area contributed by atoms with Gasteiger partial charge in [-0.25, -0.2) is 9.98 Å². The number of aromatic amines is 1. The molecule has 2 aliphatic rings. The number of hydrogen-bond donors (Lipinski definition) is 3. The van der Waals surface area contributed by atoms with Gasteiger partial charge in [-0.15, -0.1) is 24.0 Å². The van der Waals surface area contributed by atoms with Crippen molar-refractivity contribution in [2.75, 3.05) is 19.6 Å². The molecule has 2 heterocycles. The fraction of sp³-hybridized carbons (Fsp3) is 0.609. The summed E-state index contributed by atoms with van der Waals surface area (Å²) in [7, 11) is 0. The number of halogens is 1. The van der Waals surface area contributed by atoms with Crippen LogP contribution >= 0.6 is 24.0 Å². The van der Waals surface area contributed by atoms with Gasteiger partial charge in [0, 0.05) is 37.3 Å². The molecule has 8 heteroatoms. The highest BCUT2D eigenvalue weighted by atomic mass is 127. The first-order valence-electron chi connectivity index (χ1n) is 11.6. The number of aromatic nitrogens is 3. The Bertz CT molecular complexity index is 794. The monoisotopic (exact) mass is 537 g/mol. The Labute approximate surface area is 202 Å². The van der Waals surface area contributed by atoms with Crippen molar-refractivity contribution in [2.24, 2.45) is 4.99 Å². The van der Waals surface area contributed by atoms with E-state index in [-0.39, 0.29) is 24.0 Å². The largest absolute Gasteiger partial charge is 0.357 e. The lowest BCUT2D eigenvalue weighted by atomic mass is 9.92. The molecule has 0 atom stereocenters. The maximum absolute atomic E-state index is 4.84. The molecule has 4 rings (SSSR count). The van der Waals surface area contributed by atoms with E-state index in [1.165, 1.54) is 64.4 Å². The number of piperidine rings is 1. The molecule has 2 aromatic rings. The van der Waals surface area contributed by atoms with E-state index in [4.69, 9.17) is 4.99 Å². The number of guanidine groups is 1. The van der Waals surface area contributed by atoms with E-state index in [1.54, 1.807) is 0 Å². The molecular formula is C23H36IN7. The van der Waals surface area contributed by atoms with Crippen molar-refractivity contribution in [3.05, 3.63) is 36.2 Å². The van der Waals surface area contributed by atoms with Gasteiger partial charge in [-0.3, -0.25) is 5.10 Å². The SMILES string of the molecule is CCNC(=NCc1cccc(-c2ncn[nH]2)c1)NC1CCN(C2CCCCC2)CC1.I. The van der Waals surface area contributed by atoms with Gasteiger partial charge >= 0.3 is 0 Å². The van der Waals surface area contributed by atoms with Crippen LogP contribution in [-0.4, -0.2) is 57.8 Å². The number of benzene rings is 1.